The fraction of sp³-hybridized carbons (Fsp3) is 0.588. The van der Waals surface area contributed by atoms with Crippen molar-refractivity contribution in [1.82, 2.24) is 10.6 Å². The lowest BCUT2D eigenvalue weighted by Crippen LogP contribution is -2.38. The van der Waals surface area contributed by atoms with E-state index in [-0.39, 0.29) is 17.7 Å². The van der Waals surface area contributed by atoms with Gasteiger partial charge in [0.15, 0.2) is 0 Å². The maximum Gasteiger partial charge on any atom is 0.416 e. The molecule has 0 aliphatic carbocycles. The van der Waals surface area contributed by atoms with Crippen molar-refractivity contribution in [1.29, 1.82) is 0 Å². The summed E-state index contributed by atoms with van der Waals surface area (Å²) in [5.74, 6) is 0.0773. The van der Waals surface area contributed by atoms with Gasteiger partial charge in [0.05, 0.1) is 5.56 Å². The minimum Gasteiger partial charge on any atom is -0.356 e. The Labute approximate surface area is 134 Å². The number of halogens is 3. The van der Waals surface area contributed by atoms with Crippen LogP contribution in [-0.4, -0.2) is 25.5 Å². The average Bonchev–Trinajstić information content (AvgIpc) is 2.54. The molecule has 1 aromatic carbocycles. The van der Waals surface area contributed by atoms with E-state index in [1.54, 1.807) is 6.07 Å². The quantitative estimate of drug-likeness (QED) is 0.871. The van der Waals surface area contributed by atoms with Gasteiger partial charge in [-0.2, -0.15) is 13.2 Å². The molecule has 1 aliphatic rings. The molecule has 23 heavy (non-hydrogen) atoms. The third-order valence-electron chi connectivity index (χ3n) is 4.37. The third kappa shape index (κ3) is 5.23. The van der Waals surface area contributed by atoms with Crippen molar-refractivity contribution in [3.05, 3.63) is 35.4 Å². The predicted octanol–water partition coefficient (Wildman–Crippen LogP) is 3.31. The first-order valence-corrected chi connectivity index (χ1v) is 8.03. The van der Waals surface area contributed by atoms with Crippen LogP contribution in [0.5, 0.6) is 0 Å². The highest BCUT2D eigenvalue weighted by atomic mass is 19.4. The van der Waals surface area contributed by atoms with Crippen LogP contribution in [0.25, 0.3) is 0 Å². The summed E-state index contributed by atoms with van der Waals surface area (Å²) in [4.78, 5) is 12.0. The standard InChI is InChI=1S/C17H23F3N2O/c1-12(14-3-2-4-15(11-14)17(18,19)20)5-10-22-16(23)13-6-8-21-9-7-13/h2-4,11-13,21H,5-10H2,1H3,(H,22,23). The minimum atomic E-state index is -4.32. The topological polar surface area (TPSA) is 41.1 Å². The molecule has 128 valence electrons. The molecule has 1 amide bonds. The van der Waals surface area contributed by atoms with E-state index in [1.807, 2.05) is 6.92 Å². The van der Waals surface area contributed by atoms with Gasteiger partial charge < -0.3 is 10.6 Å². The Morgan fingerprint density at radius 3 is 2.70 bits per heavy atom. The van der Waals surface area contributed by atoms with Crippen LogP contribution in [0.2, 0.25) is 0 Å². The van der Waals surface area contributed by atoms with Gasteiger partial charge in [-0.1, -0.05) is 25.1 Å². The third-order valence-corrected chi connectivity index (χ3v) is 4.37. The molecular weight excluding hydrogens is 305 g/mol. The number of carbonyl (C=O) groups is 1. The number of alkyl halides is 3. The molecule has 0 aromatic heterocycles. The Morgan fingerprint density at radius 1 is 1.35 bits per heavy atom. The fourth-order valence-electron chi connectivity index (χ4n) is 2.83. The summed E-state index contributed by atoms with van der Waals surface area (Å²) in [6, 6.07) is 5.41. The summed E-state index contributed by atoms with van der Waals surface area (Å²) < 4.78 is 38.2. The smallest absolute Gasteiger partial charge is 0.356 e. The van der Waals surface area contributed by atoms with E-state index in [1.165, 1.54) is 12.1 Å². The summed E-state index contributed by atoms with van der Waals surface area (Å²) in [5.41, 5.74) is 0.0246. The summed E-state index contributed by atoms with van der Waals surface area (Å²) in [7, 11) is 0. The molecule has 1 heterocycles. The highest BCUT2D eigenvalue weighted by molar-refractivity contribution is 5.78. The van der Waals surface area contributed by atoms with E-state index in [0.717, 1.165) is 32.0 Å². The summed E-state index contributed by atoms with van der Waals surface area (Å²) in [5, 5.41) is 6.12. The Hall–Kier alpha value is -1.56. The number of nitrogens with one attached hydrogen (secondary N) is 2. The molecule has 1 saturated heterocycles. The molecule has 2 N–H and O–H groups in total. The fourth-order valence-corrected chi connectivity index (χ4v) is 2.83. The Balaban J connectivity index is 1.82. The van der Waals surface area contributed by atoms with E-state index < -0.39 is 11.7 Å². The molecule has 1 fully saturated rings. The number of benzene rings is 1. The molecule has 0 radical (unpaired) electrons. The van der Waals surface area contributed by atoms with Crippen molar-refractivity contribution < 1.29 is 18.0 Å². The van der Waals surface area contributed by atoms with E-state index in [9.17, 15) is 18.0 Å². The van der Waals surface area contributed by atoms with E-state index in [2.05, 4.69) is 10.6 Å². The maximum atomic E-state index is 12.7. The largest absolute Gasteiger partial charge is 0.416 e. The van der Waals surface area contributed by atoms with Gasteiger partial charge in [-0.15, -0.1) is 0 Å². The van der Waals surface area contributed by atoms with E-state index in [0.29, 0.717) is 18.5 Å². The number of piperidine rings is 1. The van der Waals surface area contributed by atoms with Crippen LogP contribution in [0.15, 0.2) is 24.3 Å². The van der Waals surface area contributed by atoms with Gasteiger partial charge in [-0.3, -0.25) is 4.79 Å². The van der Waals surface area contributed by atoms with Gasteiger partial charge in [0.2, 0.25) is 5.91 Å². The van der Waals surface area contributed by atoms with Crippen LogP contribution in [0.1, 0.15) is 43.2 Å². The molecule has 1 atom stereocenters. The summed E-state index contributed by atoms with van der Waals surface area (Å²) >= 11 is 0. The van der Waals surface area contributed by atoms with E-state index in [4.69, 9.17) is 0 Å². The lowest BCUT2D eigenvalue weighted by atomic mass is 9.95. The van der Waals surface area contributed by atoms with Crippen LogP contribution >= 0.6 is 0 Å². The highest BCUT2D eigenvalue weighted by Gasteiger charge is 2.30. The molecule has 0 bridgehead atoms. The zero-order valence-electron chi connectivity index (χ0n) is 13.2. The van der Waals surface area contributed by atoms with Crippen molar-refractivity contribution in [2.45, 2.75) is 38.3 Å². The van der Waals surface area contributed by atoms with Crippen molar-refractivity contribution >= 4 is 5.91 Å². The molecule has 0 spiro atoms. The number of amides is 1. The van der Waals surface area contributed by atoms with Gasteiger partial charge in [0.1, 0.15) is 0 Å². The molecule has 2 rings (SSSR count). The number of rotatable bonds is 5. The van der Waals surface area contributed by atoms with Crippen molar-refractivity contribution in [2.24, 2.45) is 5.92 Å². The van der Waals surface area contributed by atoms with Gasteiger partial charge in [0.25, 0.3) is 0 Å². The second-order valence-corrected chi connectivity index (χ2v) is 6.13. The molecule has 1 aromatic rings. The number of carbonyl (C=O) groups excluding carboxylic acids is 1. The molecule has 1 aliphatic heterocycles. The lowest BCUT2D eigenvalue weighted by molar-refractivity contribution is -0.137. The molecule has 6 heteroatoms. The first-order chi connectivity index (χ1) is 10.9. The van der Waals surface area contributed by atoms with Gasteiger partial charge in [-0.05, 0) is 49.9 Å². The van der Waals surface area contributed by atoms with Gasteiger partial charge >= 0.3 is 6.18 Å². The number of hydrogen-bond acceptors (Lipinski definition) is 2. The maximum absolute atomic E-state index is 12.7. The molecular formula is C17H23F3N2O. The monoisotopic (exact) mass is 328 g/mol. The van der Waals surface area contributed by atoms with Crippen LogP contribution < -0.4 is 10.6 Å². The Bertz CT molecular complexity index is 525. The highest BCUT2D eigenvalue weighted by Crippen LogP contribution is 2.31. The van der Waals surface area contributed by atoms with Crippen LogP contribution in [0, 0.1) is 5.92 Å². The normalized spacial score (nSPS) is 17.7. The van der Waals surface area contributed by atoms with Crippen molar-refractivity contribution in [3.8, 4) is 0 Å². The second-order valence-electron chi connectivity index (χ2n) is 6.13. The summed E-state index contributed by atoms with van der Waals surface area (Å²) in [6.07, 6.45) is -2.01. The minimum absolute atomic E-state index is 0.0365. The molecule has 1 unspecified atom stereocenters. The molecule has 3 nitrogen and oxygen atoms in total. The van der Waals surface area contributed by atoms with Crippen molar-refractivity contribution in [3.63, 3.8) is 0 Å². The second kappa shape index (κ2) is 7.81. The van der Waals surface area contributed by atoms with Crippen molar-refractivity contribution in [2.75, 3.05) is 19.6 Å². The number of hydrogen-bond donors (Lipinski definition) is 2. The van der Waals surface area contributed by atoms with Crippen LogP contribution in [0.4, 0.5) is 13.2 Å². The van der Waals surface area contributed by atoms with Crippen LogP contribution in [0.3, 0.4) is 0 Å². The van der Waals surface area contributed by atoms with E-state index >= 15 is 0 Å². The predicted molar refractivity (Wildman–Crippen MR) is 83.1 cm³/mol. The average molecular weight is 328 g/mol. The Morgan fingerprint density at radius 2 is 2.04 bits per heavy atom. The summed E-state index contributed by atoms with van der Waals surface area (Å²) in [6.45, 7) is 4.09. The SMILES string of the molecule is CC(CCNC(=O)C1CCNCC1)c1cccc(C(F)(F)F)c1. The van der Waals surface area contributed by atoms with Gasteiger partial charge in [-0.25, -0.2) is 0 Å². The zero-order valence-corrected chi connectivity index (χ0v) is 13.2. The van der Waals surface area contributed by atoms with Crippen LogP contribution in [-0.2, 0) is 11.0 Å². The Kier molecular flexibility index (Phi) is 6.04. The lowest BCUT2D eigenvalue weighted by Gasteiger charge is -2.22. The first-order valence-electron chi connectivity index (χ1n) is 8.03. The van der Waals surface area contributed by atoms with Gasteiger partial charge in [0, 0.05) is 12.5 Å². The molecule has 0 saturated carbocycles. The zero-order chi connectivity index (χ0) is 16.9. The first kappa shape index (κ1) is 17.8.